The quantitative estimate of drug-likeness (QED) is 0.412. The number of carbonyl (C=O) groups excluding carboxylic acids is 2. The number of aromatic amines is 1. The van der Waals surface area contributed by atoms with Crippen molar-refractivity contribution < 1.29 is 38.7 Å². The van der Waals surface area contributed by atoms with E-state index in [-0.39, 0.29) is 36.0 Å². The first-order valence-electron chi connectivity index (χ1n) is 13.1. The van der Waals surface area contributed by atoms with Gasteiger partial charge >= 0.3 is 11.9 Å². The van der Waals surface area contributed by atoms with Crippen molar-refractivity contribution in [3.63, 3.8) is 0 Å². The molecule has 0 aromatic carbocycles. The molecule has 4 bridgehead atoms. The summed E-state index contributed by atoms with van der Waals surface area (Å²) < 4.78 is 24.2. The Morgan fingerprint density at radius 2 is 2.05 bits per heavy atom. The molecule has 1 aromatic rings. The molecular weight excluding hydrogens is 478 g/mol. The molecule has 4 aliphatic rings. The second-order valence-electron chi connectivity index (χ2n) is 11.1. The van der Waals surface area contributed by atoms with E-state index in [2.05, 4.69) is 4.98 Å². The molecule has 9 heteroatoms. The highest BCUT2D eigenvalue weighted by molar-refractivity contribution is 5.87. The average Bonchev–Trinajstić information content (AvgIpc) is 3.46. The third-order valence-corrected chi connectivity index (χ3v) is 8.94. The molecule has 3 heterocycles. The minimum atomic E-state index is -0.933. The number of hydrogen-bond acceptors (Lipinski definition) is 8. The second-order valence-corrected chi connectivity index (χ2v) is 11.1. The van der Waals surface area contributed by atoms with Gasteiger partial charge in [0.25, 0.3) is 0 Å². The number of cyclic esters (lactones) is 1. The summed E-state index contributed by atoms with van der Waals surface area (Å²) in [5, 5.41) is 22.1. The first kappa shape index (κ1) is 26.2. The van der Waals surface area contributed by atoms with Gasteiger partial charge in [0, 0.05) is 42.9 Å². The van der Waals surface area contributed by atoms with Crippen LogP contribution in [0.1, 0.15) is 44.6 Å². The Hall–Kier alpha value is -2.46. The van der Waals surface area contributed by atoms with Crippen LogP contribution in [0.4, 0.5) is 0 Å². The van der Waals surface area contributed by atoms with E-state index >= 15 is 0 Å². The minimum Gasteiger partial charge on any atom is -0.457 e. The minimum absolute atomic E-state index is 0.175. The summed E-state index contributed by atoms with van der Waals surface area (Å²) in [7, 11) is 1.46. The number of rotatable bonds is 4. The first-order chi connectivity index (χ1) is 17.6. The summed E-state index contributed by atoms with van der Waals surface area (Å²) in [5.74, 6) is -2.49. The molecule has 6 unspecified atom stereocenters. The van der Waals surface area contributed by atoms with E-state index in [0.717, 1.165) is 5.57 Å². The Kier molecular flexibility index (Phi) is 6.85. The lowest BCUT2D eigenvalue weighted by Gasteiger charge is -2.48. The number of hydrogen-bond donors (Lipinski definition) is 3. The van der Waals surface area contributed by atoms with Gasteiger partial charge in [-0.1, -0.05) is 32.1 Å². The summed E-state index contributed by atoms with van der Waals surface area (Å²) in [5.41, 5.74) is 0.301. The summed E-state index contributed by atoms with van der Waals surface area (Å²) in [4.78, 5) is 28.8. The van der Waals surface area contributed by atoms with Gasteiger partial charge in [0.1, 0.15) is 29.6 Å². The van der Waals surface area contributed by atoms with Crippen LogP contribution < -0.4 is 0 Å². The topological polar surface area (TPSA) is 127 Å². The van der Waals surface area contributed by atoms with E-state index in [4.69, 9.17) is 18.9 Å². The zero-order chi connectivity index (χ0) is 26.6. The van der Waals surface area contributed by atoms with E-state index in [9.17, 15) is 19.8 Å². The van der Waals surface area contributed by atoms with Crippen LogP contribution in [0.3, 0.4) is 0 Å². The number of esters is 2. The van der Waals surface area contributed by atoms with Gasteiger partial charge in [0.2, 0.25) is 0 Å². The van der Waals surface area contributed by atoms with E-state index in [1.807, 2.05) is 39.0 Å². The van der Waals surface area contributed by atoms with Crippen LogP contribution in [0.5, 0.6) is 0 Å². The lowest BCUT2D eigenvalue weighted by molar-refractivity contribution is -0.172. The van der Waals surface area contributed by atoms with Crippen LogP contribution in [0.25, 0.3) is 0 Å². The summed E-state index contributed by atoms with van der Waals surface area (Å²) >= 11 is 0. The standard InChI is InChI=1S/C28H37NO8/c1-13-11-14(2)28-17(12-20(34-5)27(33)35-23(13)16(4)30)8-9-18-21(28)22(31)15(3)24(25(18)37-28)36-26(32)19-7-6-10-29-19/h6-11,13,15-18,20-25,29-31H,12H2,1-5H3/b14-11+/t13?,15-,16+,17?,18?,20-,21?,22-,23?,24-,25?,28+/m1/s1. The van der Waals surface area contributed by atoms with Crippen molar-refractivity contribution in [2.45, 2.75) is 76.3 Å². The number of aliphatic hydroxyl groups is 2. The smallest absolute Gasteiger partial charge is 0.355 e. The molecular formula is C28H37NO8. The van der Waals surface area contributed by atoms with Gasteiger partial charge in [0.05, 0.1) is 12.2 Å². The number of aliphatic hydroxyl groups excluding tert-OH is 2. The molecule has 0 amide bonds. The van der Waals surface area contributed by atoms with Gasteiger partial charge in [-0.25, -0.2) is 9.59 Å². The number of nitrogens with one attached hydrogen (secondary N) is 1. The Morgan fingerprint density at radius 3 is 2.70 bits per heavy atom. The molecule has 37 heavy (non-hydrogen) atoms. The molecule has 1 saturated carbocycles. The zero-order valence-electron chi connectivity index (χ0n) is 21.9. The molecule has 2 fully saturated rings. The van der Waals surface area contributed by atoms with Gasteiger partial charge in [-0.2, -0.15) is 0 Å². The van der Waals surface area contributed by atoms with Crippen molar-refractivity contribution in [1.82, 2.24) is 4.98 Å². The third kappa shape index (κ3) is 4.07. The Labute approximate surface area is 216 Å². The van der Waals surface area contributed by atoms with E-state index in [0.29, 0.717) is 5.69 Å². The highest BCUT2D eigenvalue weighted by Crippen LogP contribution is 2.61. The molecule has 3 N–H and O–H groups in total. The van der Waals surface area contributed by atoms with Crippen LogP contribution in [-0.2, 0) is 23.7 Å². The maximum Gasteiger partial charge on any atom is 0.355 e. The molecule has 1 saturated heterocycles. The van der Waals surface area contributed by atoms with Gasteiger partial charge < -0.3 is 34.1 Å². The van der Waals surface area contributed by atoms with Crippen molar-refractivity contribution in [2.75, 3.05) is 7.11 Å². The van der Waals surface area contributed by atoms with Crippen molar-refractivity contribution >= 4 is 11.9 Å². The van der Waals surface area contributed by atoms with Crippen LogP contribution in [-0.4, -0.2) is 76.5 Å². The van der Waals surface area contributed by atoms with Gasteiger partial charge in [-0.3, -0.25) is 0 Å². The predicted octanol–water partition coefficient (Wildman–Crippen LogP) is 2.40. The van der Waals surface area contributed by atoms with Crippen molar-refractivity contribution in [2.24, 2.45) is 29.6 Å². The summed E-state index contributed by atoms with van der Waals surface area (Å²) in [6.07, 6.45) is 3.53. The van der Waals surface area contributed by atoms with Crippen LogP contribution in [0, 0.1) is 29.6 Å². The monoisotopic (exact) mass is 515 g/mol. The maximum atomic E-state index is 13.1. The number of H-pyrrole nitrogens is 1. The molecule has 2 aliphatic heterocycles. The van der Waals surface area contributed by atoms with Crippen molar-refractivity contribution in [3.8, 4) is 0 Å². The predicted molar refractivity (Wildman–Crippen MR) is 132 cm³/mol. The van der Waals surface area contributed by atoms with Crippen LogP contribution in [0.15, 0.2) is 42.1 Å². The van der Waals surface area contributed by atoms with E-state index < -0.39 is 54.2 Å². The molecule has 1 spiro atoms. The Morgan fingerprint density at radius 1 is 1.30 bits per heavy atom. The second kappa shape index (κ2) is 9.69. The van der Waals surface area contributed by atoms with Gasteiger partial charge in [-0.15, -0.1) is 0 Å². The number of carbonyl (C=O) groups is 2. The lowest BCUT2D eigenvalue weighted by atomic mass is 9.57. The SMILES string of the molecule is CO[C@@H]1CC2C=CC3C4O[C@]2(/C(C)=C/C(C)C([C@H](C)O)OC1=O)C3[C@H](O)[C@@H](C)[C@H]4OC(=O)c1ccc[nH]1. The number of aromatic nitrogens is 1. The highest BCUT2D eigenvalue weighted by Gasteiger charge is 2.69. The first-order valence-corrected chi connectivity index (χ1v) is 13.1. The molecule has 0 radical (unpaired) electrons. The molecule has 9 nitrogen and oxygen atoms in total. The van der Waals surface area contributed by atoms with Crippen LogP contribution >= 0.6 is 0 Å². The fraction of sp³-hybridized carbons (Fsp3) is 0.643. The number of ether oxygens (including phenoxy) is 4. The zero-order valence-corrected chi connectivity index (χ0v) is 21.9. The third-order valence-electron chi connectivity index (χ3n) is 8.94. The number of methoxy groups -OCH3 is 1. The van der Waals surface area contributed by atoms with Gasteiger partial charge in [-0.05, 0) is 38.0 Å². The molecule has 2 aliphatic carbocycles. The molecule has 202 valence electrons. The van der Waals surface area contributed by atoms with E-state index in [1.165, 1.54) is 7.11 Å². The Bertz CT molecular complexity index is 1080. The van der Waals surface area contributed by atoms with Crippen molar-refractivity contribution in [3.05, 3.63) is 47.8 Å². The summed E-state index contributed by atoms with van der Waals surface area (Å²) in [6.45, 7) is 7.35. The lowest BCUT2D eigenvalue weighted by Crippen LogP contribution is -2.57. The molecule has 5 rings (SSSR count). The van der Waals surface area contributed by atoms with Crippen LogP contribution in [0.2, 0.25) is 0 Å². The molecule has 1 aromatic heterocycles. The highest BCUT2D eigenvalue weighted by atomic mass is 16.6. The largest absolute Gasteiger partial charge is 0.457 e. The van der Waals surface area contributed by atoms with E-state index in [1.54, 1.807) is 25.3 Å². The molecule has 12 atom stereocenters. The maximum absolute atomic E-state index is 13.1. The normalized spacial score (nSPS) is 45.3. The Balaban J connectivity index is 1.58. The fourth-order valence-corrected chi connectivity index (χ4v) is 7.14. The summed E-state index contributed by atoms with van der Waals surface area (Å²) in [6, 6.07) is 3.37. The van der Waals surface area contributed by atoms with Gasteiger partial charge in [0.15, 0.2) is 6.10 Å². The fourth-order valence-electron chi connectivity index (χ4n) is 7.14. The average molecular weight is 516 g/mol. The van der Waals surface area contributed by atoms with Crippen molar-refractivity contribution in [1.29, 1.82) is 0 Å².